The Morgan fingerprint density at radius 1 is 1.39 bits per heavy atom. The van der Waals surface area contributed by atoms with Crippen molar-refractivity contribution in [2.75, 3.05) is 26.7 Å². The highest BCUT2D eigenvalue weighted by Crippen LogP contribution is 2.35. The van der Waals surface area contributed by atoms with Crippen LogP contribution in [0.5, 0.6) is 5.75 Å². The van der Waals surface area contributed by atoms with Crippen LogP contribution in [0.1, 0.15) is 25.3 Å². The highest BCUT2D eigenvalue weighted by Gasteiger charge is 2.35. The zero-order valence-electron chi connectivity index (χ0n) is 11.1. The molecule has 0 unspecified atom stereocenters. The summed E-state index contributed by atoms with van der Waals surface area (Å²) in [6, 6.07) is 10.6. The number of ether oxygens (including phenoxy) is 1. The molecule has 3 heteroatoms. The molecule has 1 aliphatic heterocycles. The first-order chi connectivity index (χ1) is 8.70. The molecule has 1 saturated heterocycles. The van der Waals surface area contributed by atoms with Crippen LogP contribution in [0.4, 0.5) is 0 Å². The Hall–Kier alpha value is -1.53. The average Bonchev–Trinajstić information content (AvgIpc) is 2.41. The second-order valence-electron chi connectivity index (χ2n) is 4.96. The van der Waals surface area contributed by atoms with Crippen molar-refractivity contribution >= 4 is 0 Å². The fourth-order valence-corrected chi connectivity index (χ4v) is 2.52. The number of piperidine rings is 1. The summed E-state index contributed by atoms with van der Waals surface area (Å²) >= 11 is 0. The van der Waals surface area contributed by atoms with E-state index in [2.05, 4.69) is 24.1 Å². The second kappa shape index (κ2) is 5.41. The molecule has 18 heavy (non-hydrogen) atoms. The lowest BCUT2D eigenvalue weighted by molar-refractivity contribution is 0.221. The molecule has 2 rings (SSSR count). The molecule has 0 spiro atoms. The fourth-order valence-electron chi connectivity index (χ4n) is 2.52. The molecule has 0 bridgehead atoms. The third kappa shape index (κ3) is 2.49. The zero-order valence-corrected chi connectivity index (χ0v) is 11.1. The largest absolute Gasteiger partial charge is 0.494 e. The fraction of sp³-hybridized carbons (Fsp3) is 0.533. The van der Waals surface area contributed by atoms with Crippen molar-refractivity contribution in [1.29, 1.82) is 5.26 Å². The van der Waals surface area contributed by atoms with Gasteiger partial charge in [-0.05, 0) is 57.6 Å². The molecule has 1 fully saturated rings. The van der Waals surface area contributed by atoms with Crippen LogP contribution in [0.3, 0.4) is 0 Å². The predicted molar refractivity (Wildman–Crippen MR) is 71.6 cm³/mol. The van der Waals surface area contributed by atoms with E-state index in [4.69, 9.17) is 4.74 Å². The molecule has 0 aliphatic carbocycles. The van der Waals surface area contributed by atoms with Gasteiger partial charge in [0.2, 0.25) is 0 Å². The topological polar surface area (TPSA) is 36.3 Å². The SMILES string of the molecule is CCOc1cccc(C2(C#N)CCN(C)CC2)c1. The Bertz CT molecular complexity index is 442. The number of likely N-dealkylation sites (tertiary alicyclic amines) is 1. The minimum atomic E-state index is -0.334. The van der Waals surface area contributed by atoms with Gasteiger partial charge in [0.1, 0.15) is 5.75 Å². The Kier molecular flexibility index (Phi) is 3.88. The van der Waals surface area contributed by atoms with E-state index in [0.29, 0.717) is 6.61 Å². The van der Waals surface area contributed by atoms with Crippen LogP contribution in [0.25, 0.3) is 0 Å². The first-order valence-corrected chi connectivity index (χ1v) is 6.53. The van der Waals surface area contributed by atoms with Crippen LogP contribution >= 0.6 is 0 Å². The van der Waals surface area contributed by atoms with E-state index in [1.165, 1.54) is 0 Å². The molecule has 0 radical (unpaired) electrons. The molecule has 3 nitrogen and oxygen atoms in total. The van der Waals surface area contributed by atoms with Crippen molar-refractivity contribution in [2.45, 2.75) is 25.2 Å². The number of nitriles is 1. The molecular formula is C15H20N2O. The maximum absolute atomic E-state index is 9.59. The van der Waals surface area contributed by atoms with Crippen molar-refractivity contribution in [3.63, 3.8) is 0 Å². The molecule has 0 aromatic heterocycles. The molecule has 1 aromatic rings. The molecule has 0 atom stereocenters. The number of benzene rings is 1. The van der Waals surface area contributed by atoms with Gasteiger partial charge in [-0.2, -0.15) is 5.26 Å². The molecule has 0 amide bonds. The van der Waals surface area contributed by atoms with E-state index in [9.17, 15) is 5.26 Å². The summed E-state index contributed by atoms with van der Waals surface area (Å²) in [5.41, 5.74) is 0.767. The molecular weight excluding hydrogens is 224 g/mol. The Balaban J connectivity index is 2.27. The van der Waals surface area contributed by atoms with Gasteiger partial charge in [0.05, 0.1) is 18.1 Å². The highest BCUT2D eigenvalue weighted by atomic mass is 16.5. The number of hydrogen-bond acceptors (Lipinski definition) is 3. The molecule has 0 saturated carbocycles. The van der Waals surface area contributed by atoms with Crippen LogP contribution < -0.4 is 4.74 Å². The van der Waals surface area contributed by atoms with Gasteiger partial charge < -0.3 is 9.64 Å². The van der Waals surface area contributed by atoms with E-state index in [1.807, 2.05) is 25.1 Å². The smallest absolute Gasteiger partial charge is 0.119 e. The lowest BCUT2D eigenvalue weighted by Crippen LogP contribution is -2.39. The van der Waals surface area contributed by atoms with Crippen LogP contribution in [-0.4, -0.2) is 31.6 Å². The summed E-state index contributed by atoms with van der Waals surface area (Å²) in [5.74, 6) is 0.864. The third-order valence-corrected chi connectivity index (χ3v) is 3.75. The van der Waals surface area contributed by atoms with Crippen molar-refractivity contribution < 1.29 is 4.74 Å². The molecule has 1 aromatic carbocycles. The van der Waals surface area contributed by atoms with Crippen molar-refractivity contribution in [3.05, 3.63) is 29.8 Å². The Labute approximate surface area is 109 Å². The summed E-state index contributed by atoms with van der Waals surface area (Å²) in [6.07, 6.45) is 1.80. The van der Waals surface area contributed by atoms with Gasteiger partial charge in [-0.1, -0.05) is 12.1 Å². The average molecular weight is 244 g/mol. The van der Waals surface area contributed by atoms with Gasteiger partial charge in [-0.25, -0.2) is 0 Å². The van der Waals surface area contributed by atoms with Gasteiger partial charge >= 0.3 is 0 Å². The lowest BCUT2D eigenvalue weighted by atomic mass is 9.74. The van der Waals surface area contributed by atoms with Gasteiger partial charge in [-0.15, -0.1) is 0 Å². The Morgan fingerprint density at radius 2 is 2.11 bits per heavy atom. The van der Waals surface area contributed by atoms with Gasteiger partial charge in [0.25, 0.3) is 0 Å². The molecule has 96 valence electrons. The van der Waals surface area contributed by atoms with Crippen molar-refractivity contribution in [1.82, 2.24) is 4.90 Å². The zero-order chi connectivity index (χ0) is 13.0. The van der Waals surface area contributed by atoms with Crippen LogP contribution in [-0.2, 0) is 5.41 Å². The molecule has 0 N–H and O–H groups in total. The van der Waals surface area contributed by atoms with Crippen LogP contribution in [0.2, 0.25) is 0 Å². The second-order valence-corrected chi connectivity index (χ2v) is 4.96. The van der Waals surface area contributed by atoms with Crippen LogP contribution in [0.15, 0.2) is 24.3 Å². The monoisotopic (exact) mass is 244 g/mol. The molecule has 1 aliphatic rings. The maximum Gasteiger partial charge on any atom is 0.119 e. The summed E-state index contributed by atoms with van der Waals surface area (Å²) < 4.78 is 5.53. The minimum Gasteiger partial charge on any atom is -0.494 e. The highest BCUT2D eigenvalue weighted by molar-refractivity contribution is 5.38. The molecule has 1 heterocycles. The van der Waals surface area contributed by atoms with Gasteiger partial charge in [0, 0.05) is 0 Å². The van der Waals surface area contributed by atoms with Crippen LogP contribution in [0, 0.1) is 11.3 Å². The van der Waals surface area contributed by atoms with Gasteiger partial charge in [0.15, 0.2) is 0 Å². The number of rotatable bonds is 3. The van der Waals surface area contributed by atoms with E-state index < -0.39 is 0 Å². The van der Waals surface area contributed by atoms with E-state index in [-0.39, 0.29) is 5.41 Å². The number of nitrogens with zero attached hydrogens (tertiary/aromatic N) is 2. The summed E-state index contributed by atoms with van der Waals surface area (Å²) in [4.78, 5) is 2.28. The standard InChI is InChI=1S/C15H20N2O/c1-3-18-14-6-4-5-13(11-14)15(12-16)7-9-17(2)10-8-15/h4-6,11H,3,7-10H2,1-2H3. The predicted octanol–water partition coefficient (Wildman–Crippen LogP) is 2.57. The first kappa shape index (κ1) is 12.9. The Morgan fingerprint density at radius 3 is 2.72 bits per heavy atom. The van der Waals surface area contributed by atoms with Crippen molar-refractivity contribution in [2.24, 2.45) is 0 Å². The quantitative estimate of drug-likeness (QED) is 0.820. The maximum atomic E-state index is 9.59. The van der Waals surface area contributed by atoms with E-state index in [0.717, 1.165) is 37.2 Å². The normalized spacial score (nSPS) is 19.2. The summed E-state index contributed by atoms with van der Waals surface area (Å²) in [6.45, 7) is 4.59. The summed E-state index contributed by atoms with van der Waals surface area (Å²) in [7, 11) is 2.11. The lowest BCUT2D eigenvalue weighted by Gasteiger charge is -2.35. The van der Waals surface area contributed by atoms with E-state index >= 15 is 0 Å². The van der Waals surface area contributed by atoms with E-state index in [1.54, 1.807) is 0 Å². The minimum absolute atomic E-state index is 0.334. The first-order valence-electron chi connectivity index (χ1n) is 6.53. The van der Waals surface area contributed by atoms with Gasteiger partial charge in [-0.3, -0.25) is 0 Å². The number of hydrogen-bond donors (Lipinski definition) is 0. The van der Waals surface area contributed by atoms with Crippen molar-refractivity contribution in [3.8, 4) is 11.8 Å². The third-order valence-electron chi connectivity index (χ3n) is 3.75. The summed E-state index contributed by atoms with van der Waals surface area (Å²) in [5, 5.41) is 9.59.